The Morgan fingerprint density at radius 3 is 2.72 bits per heavy atom. The number of aromatic nitrogens is 1. The Kier molecular flexibility index (Phi) is 12.7. The van der Waals surface area contributed by atoms with E-state index in [9.17, 15) is 4.79 Å². The molecule has 0 radical (unpaired) electrons. The minimum Gasteiger partial charge on any atom is -0.379 e. The number of nitrogens with zero attached hydrogens (tertiary/aromatic N) is 5. The lowest BCUT2D eigenvalue weighted by molar-refractivity contribution is -0.127. The topological polar surface area (TPSA) is 73.3 Å². The molecule has 10 heteroatoms. The number of carbonyl (C=O) groups excluding carboxylic acids is 1. The Morgan fingerprint density at radius 2 is 2.10 bits per heavy atom. The Labute approximate surface area is 195 Å². The second-order valence-electron chi connectivity index (χ2n) is 7.31. The van der Waals surface area contributed by atoms with Crippen LogP contribution < -0.4 is 5.32 Å². The van der Waals surface area contributed by atoms with Crippen molar-refractivity contribution in [2.24, 2.45) is 4.99 Å². The van der Waals surface area contributed by atoms with E-state index in [1.54, 1.807) is 30.3 Å². The number of amides is 1. The predicted molar refractivity (Wildman–Crippen MR) is 129 cm³/mol. The van der Waals surface area contributed by atoms with Crippen molar-refractivity contribution < 1.29 is 9.53 Å². The standard InChI is InChI=1S/C19H34N6O2S.HI/c1-16(18-20-7-13-28-18)15-24(4)19(22-14-17(26)23(2)3)21-6-5-8-25-9-11-27-12-10-25;/h7,13,16H,5-6,8-12,14-15H2,1-4H3,(H,21,22);1H. The summed E-state index contributed by atoms with van der Waals surface area (Å²) in [7, 11) is 5.52. The Bertz CT molecular complexity index is 608. The van der Waals surface area contributed by atoms with Gasteiger partial charge in [0.05, 0.1) is 18.2 Å². The summed E-state index contributed by atoms with van der Waals surface area (Å²) >= 11 is 1.67. The van der Waals surface area contributed by atoms with Crippen LogP contribution >= 0.6 is 35.3 Å². The summed E-state index contributed by atoms with van der Waals surface area (Å²) in [5.74, 6) is 1.06. The molecule has 1 aliphatic heterocycles. The molecule has 0 bridgehead atoms. The van der Waals surface area contributed by atoms with Crippen LogP contribution in [0.5, 0.6) is 0 Å². The number of likely N-dealkylation sites (N-methyl/N-ethyl adjacent to an activating group) is 2. The average Bonchev–Trinajstić information content (AvgIpc) is 3.22. The zero-order valence-corrected chi connectivity index (χ0v) is 21.1. The monoisotopic (exact) mass is 538 g/mol. The molecular formula is C19H35IN6O2S. The molecule has 8 nitrogen and oxygen atoms in total. The molecule has 1 aliphatic rings. The molecule has 29 heavy (non-hydrogen) atoms. The third-order valence-electron chi connectivity index (χ3n) is 4.68. The van der Waals surface area contributed by atoms with Gasteiger partial charge in [-0.3, -0.25) is 9.69 Å². The van der Waals surface area contributed by atoms with Crippen LogP contribution in [0.1, 0.15) is 24.3 Å². The first-order chi connectivity index (χ1) is 13.5. The zero-order chi connectivity index (χ0) is 20.4. The summed E-state index contributed by atoms with van der Waals surface area (Å²) in [6.45, 7) is 8.62. The van der Waals surface area contributed by atoms with Crippen LogP contribution in [-0.4, -0.2) is 105 Å². The molecule has 0 aliphatic carbocycles. The van der Waals surface area contributed by atoms with Crippen LogP contribution in [0.3, 0.4) is 0 Å². The highest BCUT2D eigenvalue weighted by atomic mass is 127. The van der Waals surface area contributed by atoms with Crippen molar-refractivity contribution >= 4 is 47.2 Å². The fourth-order valence-corrected chi connectivity index (χ4v) is 3.67. The van der Waals surface area contributed by atoms with Gasteiger partial charge in [0.1, 0.15) is 6.54 Å². The van der Waals surface area contributed by atoms with Gasteiger partial charge in [0.15, 0.2) is 5.96 Å². The lowest BCUT2D eigenvalue weighted by Gasteiger charge is -2.27. The Balaban J connectivity index is 0.00000420. The van der Waals surface area contributed by atoms with Gasteiger partial charge in [-0.15, -0.1) is 35.3 Å². The summed E-state index contributed by atoms with van der Waals surface area (Å²) in [4.78, 5) is 27.0. The highest BCUT2D eigenvalue weighted by molar-refractivity contribution is 14.0. The molecule has 1 saturated heterocycles. The maximum absolute atomic E-state index is 12.0. The molecule has 2 heterocycles. The molecule has 0 spiro atoms. The number of rotatable bonds is 9. The van der Waals surface area contributed by atoms with Crippen LogP contribution in [0.15, 0.2) is 16.6 Å². The van der Waals surface area contributed by atoms with E-state index in [2.05, 4.69) is 32.0 Å². The number of morpholine rings is 1. The number of ether oxygens (including phenoxy) is 1. The highest BCUT2D eigenvalue weighted by Gasteiger charge is 2.15. The van der Waals surface area contributed by atoms with Crippen molar-refractivity contribution in [1.29, 1.82) is 0 Å². The molecule has 1 amide bonds. The number of aliphatic imine (C=N–C) groups is 1. The summed E-state index contributed by atoms with van der Waals surface area (Å²) in [5, 5.41) is 6.55. The second-order valence-corrected chi connectivity index (χ2v) is 8.24. The van der Waals surface area contributed by atoms with Gasteiger partial charge in [0.25, 0.3) is 0 Å². The quantitative estimate of drug-likeness (QED) is 0.223. The van der Waals surface area contributed by atoms with Gasteiger partial charge in [-0.25, -0.2) is 9.98 Å². The predicted octanol–water partition coefficient (Wildman–Crippen LogP) is 1.55. The number of hydrogen-bond acceptors (Lipinski definition) is 6. The van der Waals surface area contributed by atoms with Gasteiger partial charge in [-0.05, 0) is 13.0 Å². The van der Waals surface area contributed by atoms with Crippen molar-refractivity contribution in [3.05, 3.63) is 16.6 Å². The van der Waals surface area contributed by atoms with E-state index in [-0.39, 0.29) is 36.4 Å². The smallest absolute Gasteiger partial charge is 0.243 e. The first-order valence-electron chi connectivity index (χ1n) is 9.86. The molecule has 1 atom stereocenters. The van der Waals surface area contributed by atoms with Crippen LogP contribution in [0, 0.1) is 0 Å². The van der Waals surface area contributed by atoms with E-state index in [4.69, 9.17) is 4.74 Å². The minimum absolute atomic E-state index is 0. The van der Waals surface area contributed by atoms with E-state index >= 15 is 0 Å². The first kappa shape index (κ1) is 26.1. The summed E-state index contributed by atoms with van der Waals surface area (Å²) < 4.78 is 5.39. The number of nitrogens with one attached hydrogen (secondary N) is 1. The molecule has 1 unspecified atom stereocenters. The number of carbonyl (C=O) groups is 1. The fraction of sp³-hybridized carbons (Fsp3) is 0.737. The molecule has 2 rings (SSSR count). The van der Waals surface area contributed by atoms with Gasteiger partial charge < -0.3 is 19.9 Å². The van der Waals surface area contributed by atoms with Crippen LogP contribution in [-0.2, 0) is 9.53 Å². The van der Waals surface area contributed by atoms with Crippen LogP contribution in [0.4, 0.5) is 0 Å². The van der Waals surface area contributed by atoms with Gasteiger partial charge in [0, 0.05) is 64.8 Å². The number of thiazole rings is 1. The van der Waals surface area contributed by atoms with E-state index in [1.165, 1.54) is 0 Å². The number of halogens is 1. The SMILES string of the molecule is CC(CN(C)C(=NCC(=O)N(C)C)NCCCN1CCOCC1)c1nccs1.I. The lowest BCUT2D eigenvalue weighted by Crippen LogP contribution is -2.43. The molecule has 166 valence electrons. The third kappa shape index (κ3) is 9.58. The Hall–Kier alpha value is -0.980. The van der Waals surface area contributed by atoms with Gasteiger partial charge >= 0.3 is 0 Å². The molecule has 0 saturated carbocycles. The van der Waals surface area contributed by atoms with E-state index in [0.29, 0.717) is 5.92 Å². The first-order valence-corrected chi connectivity index (χ1v) is 10.7. The average molecular weight is 539 g/mol. The normalized spacial score (nSPS) is 16.1. The van der Waals surface area contributed by atoms with Crippen LogP contribution in [0.2, 0.25) is 0 Å². The largest absolute Gasteiger partial charge is 0.379 e. The fourth-order valence-electron chi connectivity index (χ4n) is 2.98. The van der Waals surface area contributed by atoms with Crippen molar-refractivity contribution in [3.63, 3.8) is 0 Å². The minimum atomic E-state index is -0.00557. The molecule has 1 fully saturated rings. The highest BCUT2D eigenvalue weighted by Crippen LogP contribution is 2.18. The summed E-state index contributed by atoms with van der Waals surface area (Å²) in [6, 6.07) is 0. The van der Waals surface area contributed by atoms with E-state index < -0.39 is 0 Å². The molecule has 1 N–H and O–H groups in total. The molecular weight excluding hydrogens is 503 g/mol. The second kappa shape index (κ2) is 14.1. The van der Waals surface area contributed by atoms with Crippen molar-refractivity contribution in [2.75, 3.05) is 73.6 Å². The maximum atomic E-state index is 12.0. The number of guanidine groups is 1. The van der Waals surface area contributed by atoms with Gasteiger partial charge in [-0.1, -0.05) is 6.92 Å². The summed E-state index contributed by atoms with van der Waals surface area (Å²) in [6.07, 6.45) is 2.86. The van der Waals surface area contributed by atoms with E-state index in [0.717, 1.165) is 63.3 Å². The van der Waals surface area contributed by atoms with Crippen LogP contribution in [0.25, 0.3) is 0 Å². The van der Waals surface area contributed by atoms with Crippen molar-refractivity contribution in [1.82, 2.24) is 25.0 Å². The molecule has 1 aromatic heterocycles. The van der Waals surface area contributed by atoms with Gasteiger partial charge in [0.2, 0.25) is 5.91 Å². The van der Waals surface area contributed by atoms with Crippen molar-refractivity contribution in [2.45, 2.75) is 19.3 Å². The van der Waals surface area contributed by atoms with Crippen molar-refractivity contribution in [3.8, 4) is 0 Å². The lowest BCUT2D eigenvalue weighted by atomic mass is 10.2. The summed E-state index contributed by atoms with van der Waals surface area (Å²) in [5.41, 5.74) is 0. The third-order valence-corrected chi connectivity index (χ3v) is 5.69. The number of hydrogen-bond donors (Lipinski definition) is 1. The maximum Gasteiger partial charge on any atom is 0.243 e. The molecule has 0 aromatic carbocycles. The van der Waals surface area contributed by atoms with E-state index in [1.807, 2.05) is 18.6 Å². The van der Waals surface area contributed by atoms with Gasteiger partial charge in [-0.2, -0.15) is 0 Å². The zero-order valence-electron chi connectivity index (χ0n) is 18.0. The Morgan fingerprint density at radius 1 is 1.38 bits per heavy atom. The molecule has 1 aromatic rings.